The number of carbonyl (C=O) groups excluding carboxylic acids is 1. The van der Waals surface area contributed by atoms with Crippen molar-refractivity contribution in [2.45, 2.75) is 32.5 Å². The molecule has 0 spiro atoms. The second kappa shape index (κ2) is 5.48. The van der Waals surface area contributed by atoms with Gasteiger partial charge in [0.25, 0.3) is 0 Å². The van der Waals surface area contributed by atoms with Crippen molar-refractivity contribution in [3.8, 4) is 5.75 Å². The highest BCUT2D eigenvalue weighted by atomic mass is 79.9. The zero-order chi connectivity index (χ0) is 12.3. The lowest BCUT2D eigenvalue weighted by molar-refractivity contribution is 0.0995. The number of benzene rings is 1. The van der Waals surface area contributed by atoms with Crippen LogP contribution >= 0.6 is 15.9 Å². The van der Waals surface area contributed by atoms with Crippen molar-refractivity contribution in [3.63, 3.8) is 0 Å². The molecule has 0 bridgehead atoms. The van der Waals surface area contributed by atoms with Crippen LogP contribution in [-0.4, -0.2) is 17.2 Å². The number of halogens is 1. The van der Waals surface area contributed by atoms with Crippen LogP contribution in [0, 0.1) is 13.8 Å². The van der Waals surface area contributed by atoms with Gasteiger partial charge in [-0.1, -0.05) is 15.9 Å². The minimum absolute atomic E-state index is 0.114. The number of hydrogen-bond donors (Lipinski definition) is 0. The number of ketones is 1. The van der Waals surface area contributed by atoms with Crippen molar-refractivity contribution in [2.24, 2.45) is 0 Å². The van der Waals surface area contributed by atoms with E-state index in [0.29, 0.717) is 6.61 Å². The Labute approximate surface area is 105 Å². The molecule has 3 heteroatoms. The van der Waals surface area contributed by atoms with Gasteiger partial charge in [-0.2, -0.15) is 0 Å². The fourth-order valence-corrected chi connectivity index (χ4v) is 1.83. The van der Waals surface area contributed by atoms with Crippen molar-refractivity contribution >= 4 is 21.7 Å². The Kier molecular flexibility index (Phi) is 4.54. The molecule has 0 amide bonds. The topological polar surface area (TPSA) is 26.3 Å². The monoisotopic (exact) mass is 284 g/mol. The predicted molar refractivity (Wildman–Crippen MR) is 69.8 cm³/mol. The summed E-state index contributed by atoms with van der Waals surface area (Å²) >= 11 is 3.30. The van der Waals surface area contributed by atoms with Gasteiger partial charge in [0.2, 0.25) is 0 Å². The normalized spacial score (nSPS) is 12.3. The first kappa shape index (κ1) is 13.2. The molecule has 2 nitrogen and oxygen atoms in total. The van der Waals surface area contributed by atoms with Gasteiger partial charge in [-0.25, -0.2) is 0 Å². The summed E-state index contributed by atoms with van der Waals surface area (Å²) in [7, 11) is 0. The molecule has 1 rings (SSSR count). The third kappa shape index (κ3) is 2.85. The summed E-state index contributed by atoms with van der Waals surface area (Å²) in [6, 6.07) is 3.84. The SMILES string of the molecule is CCOc1cc(C)c(C(=O)C(C)Br)cc1C. The standard InChI is InChI=1S/C13H17BrO2/c1-5-16-12-7-8(2)11(6-9(12)3)13(15)10(4)14/h6-7,10H,5H2,1-4H3. The van der Waals surface area contributed by atoms with Crippen molar-refractivity contribution in [1.82, 2.24) is 0 Å². The minimum atomic E-state index is -0.149. The van der Waals surface area contributed by atoms with Crippen LogP contribution in [0.4, 0.5) is 0 Å². The van der Waals surface area contributed by atoms with E-state index in [9.17, 15) is 4.79 Å². The first-order valence-corrected chi connectivity index (χ1v) is 6.31. The second-order valence-corrected chi connectivity index (χ2v) is 5.22. The van der Waals surface area contributed by atoms with Gasteiger partial charge in [-0.15, -0.1) is 0 Å². The smallest absolute Gasteiger partial charge is 0.176 e. The van der Waals surface area contributed by atoms with Crippen molar-refractivity contribution in [1.29, 1.82) is 0 Å². The molecule has 0 saturated carbocycles. The number of Topliss-reactive ketones (excluding diaryl/α,β-unsaturated/α-hetero) is 1. The van der Waals surface area contributed by atoms with Gasteiger partial charge in [-0.3, -0.25) is 4.79 Å². The van der Waals surface area contributed by atoms with Crippen molar-refractivity contribution in [2.75, 3.05) is 6.61 Å². The Balaban J connectivity index is 3.15. The van der Waals surface area contributed by atoms with Gasteiger partial charge >= 0.3 is 0 Å². The van der Waals surface area contributed by atoms with Gasteiger partial charge in [-0.05, 0) is 51.0 Å². The van der Waals surface area contributed by atoms with E-state index in [1.54, 1.807) is 0 Å². The van der Waals surface area contributed by atoms with Crippen LogP contribution in [0.25, 0.3) is 0 Å². The molecule has 0 radical (unpaired) electrons. The quantitative estimate of drug-likeness (QED) is 0.623. The fraction of sp³-hybridized carbons (Fsp3) is 0.462. The first-order chi connectivity index (χ1) is 7.47. The highest BCUT2D eigenvalue weighted by Crippen LogP contribution is 2.24. The molecule has 0 aliphatic heterocycles. The van der Waals surface area contributed by atoms with E-state index in [2.05, 4.69) is 15.9 Å². The summed E-state index contributed by atoms with van der Waals surface area (Å²) in [5.74, 6) is 0.974. The third-order valence-electron chi connectivity index (χ3n) is 2.45. The Morgan fingerprint density at radius 1 is 1.38 bits per heavy atom. The van der Waals surface area contributed by atoms with Crippen LogP contribution in [-0.2, 0) is 0 Å². The number of alkyl halides is 1. The van der Waals surface area contributed by atoms with E-state index in [1.165, 1.54) is 0 Å². The van der Waals surface area contributed by atoms with Crippen LogP contribution in [0.1, 0.15) is 35.3 Å². The van der Waals surface area contributed by atoms with E-state index in [4.69, 9.17) is 4.74 Å². The van der Waals surface area contributed by atoms with Gasteiger partial charge in [0.05, 0.1) is 11.4 Å². The summed E-state index contributed by atoms with van der Waals surface area (Å²) in [5.41, 5.74) is 2.74. The van der Waals surface area contributed by atoms with Crippen LogP contribution < -0.4 is 4.74 Å². The molecular weight excluding hydrogens is 268 g/mol. The van der Waals surface area contributed by atoms with Crippen molar-refractivity contribution < 1.29 is 9.53 Å². The Morgan fingerprint density at radius 3 is 2.50 bits per heavy atom. The molecule has 1 aromatic rings. The van der Waals surface area contributed by atoms with E-state index < -0.39 is 0 Å². The Morgan fingerprint density at radius 2 is 2.00 bits per heavy atom. The summed E-state index contributed by atoms with van der Waals surface area (Å²) in [6.07, 6.45) is 0. The Bertz CT molecular complexity index is 397. The van der Waals surface area contributed by atoms with Gasteiger partial charge in [0.15, 0.2) is 5.78 Å². The summed E-state index contributed by atoms with van der Waals surface area (Å²) < 4.78 is 5.49. The molecule has 16 heavy (non-hydrogen) atoms. The summed E-state index contributed by atoms with van der Waals surface area (Å²) in [6.45, 7) is 8.33. The molecule has 0 aliphatic rings. The molecule has 1 atom stereocenters. The third-order valence-corrected chi connectivity index (χ3v) is 2.86. The van der Waals surface area contributed by atoms with Crippen LogP contribution in [0.3, 0.4) is 0 Å². The second-order valence-electron chi connectivity index (χ2n) is 3.85. The predicted octanol–water partition coefficient (Wildman–Crippen LogP) is 3.67. The lowest BCUT2D eigenvalue weighted by Gasteiger charge is -2.12. The fourth-order valence-electron chi connectivity index (χ4n) is 1.58. The highest BCUT2D eigenvalue weighted by molar-refractivity contribution is 9.10. The lowest BCUT2D eigenvalue weighted by atomic mass is 10.00. The molecule has 88 valence electrons. The van der Waals surface area contributed by atoms with E-state index in [1.807, 2.05) is 39.8 Å². The maximum Gasteiger partial charge on any atom is 0.176 e. The number of rotatable bonds is 4. The zero-order valence-electron chi connectivity index (χ0n) is 10.1. The molecule has 1 unspecified atom stereocenters. The average Bonchev–Trinajstić information content (AvgIpc) is 2.22. The molecule has 0 aliphatic carbocycles. The molecular formula is C13H17BrO2. The highest BCUT2D eigenvalue weighted by Gasteiger charge is 2.16. The molecule has 0 heterocycles. The zero-order valence-corrected chi connectivity index (χ0v) is 11.7. The largest absolute Gasteiger partial charge is 0.494 e. The molecule has 0 fully saturated rings. The minimum Gasteiger partial charge on any atom is -0.494 e. The molecule has 0 N–H and O–H groups in total. The van der Waals surface area contributed by atoms with Crippen LogP contribution in [0.5, 0.6) is 5.75 Å². The number of hydrogen-bond acceptors (Lipinski definition) is 2. The number of carbonyl (C=O) groups is 1. The van der Waals surface area contributed by atoms with Gasteiger partial charge in [0, 0.05) is 5.56 Å². The van der Waals surface area contributed by atoms with E-state index in [0.717, 1.165) is 22.4 Å². The van der Waals surface area contributed by atoms with Gasteiger partial charge in [0.1, 0.15) is 5.75 Å². The Hall–Kier alpha value is -0.830. The van der Waals surface area contributed by atoms with E-state index in [-0.39, 0.29) is 10.6 Å². The summed E-state index contributed by atoms with van der Waals surface area (Å²) in [4.78, 5) is 11.7. The van der Waals surface area contributed by atoms with Crippen LogP contribution in [0.15, 0.2) is 12.1 Å². The average molecular weight is 285 g/mol. The first-order valence-electron chi connectivity index (χ1n) is 5.39. The summed E-state index contributed by atoms with van der Waals surface area (Å²) in [5, 5.41) is 0. The van der Waals surface area contributed by atoms with Gasteiger partial charge < -0.3 is 4.74 Å². The lowest BCUT2D eigenvalue weighted by Crippen LogP contribution is -2.12. The molecule has 0 aromatic heterocycles. The maximum atomic E-state index is 11.9. The van der Waals surface area contributed by atoms with Crippen LogP contribution in [0.2, 0.25) is 0 Å². The number of aryl methyl sites for hydroxylation is 2. The van der Waals surface area contributed by atoms with E-state index >= 15 is 0 Å². The molecule has 1 aromatic carbocycles. The maximum absolute atomic E-state index is 11.9. The van der Waals surface area contributed by atoms with Crippen molar-refractivity contribution in [3.05, 3.63) is 28.8 Å². The molecule has 0 saturated heterocycles. The number of ether oxygens (including phenoxy) is 1.